The first kappa shape index (κ1) is 11.8. The maximum absolute atomic E-state index is 12.6. The molecule has 0 amide bonds. The van der Waals surface area contributed by atoms with Gasteiger partial charge in [0.1, 0.15) is 17.2 Å². The van der Waals surface area contributed by atoms with E-state index in [4.69, 9.17) is 0 Å². The second-order valence-corrected chi connectivity index (χ2v) is 4.96. The van der Waals surface area contributed by atoms with Crippen molar-refractivity contribution in [2.75, 3.05) is 0 Å². The van der Waals surface area contributed by atoms with E-state index in [0.29, 0.717) is 17.2 Å². The second kappa shape index (κ2) is 4.28. The number of H-pyrrole nitrogens is 2. The monoisotopic (exact) mass is 276 g/mol. The first-order valence-corrected chi connectivity index (χ1v) is 6.66. The number of pyridine rings is 1. The number of hydrogen-bond donors (Lipinski definition) is 2. The summed E-state index contributed by atoms with van der Waals surface area (Å²) in [5, 5.41) is 2.09. The molecule has 2 N–H and O–H groups in total. The number of hydrogen-bond acceptors (Lipinski definition) is 3. The molecule has 0 bridgehead atoms. The number of rotatable bonds is 2. The Kier molecular flexibility index (Phi) is 2.41. The molecule has 0 spiro atoms. The van der Waals surface area contributed by atoms with E-state index in [1.54, 1.807) is 12.4 Å². The zero-order chi connectivity index (χ0) is 14.4. The summed E-state index contributed by atoms with van der Waals surface area (Å²) in [6.07, 6.45) is 3.21. The molecule has 0 aliphatic rings. The molecular weight excluding hydrogens is 264 g/mol. The molecular formula is C16H12N4O. The van der Waals surface area contributed by atoms with Crippen LogP contribution < -0.4 is 0 Å². The lowest BCUT2D eigenvalue weighted by Crippen LogP contribution is -2.05. The molecule has 3 heterocycles. The average molecular weight is 276 g/mol. The Morgan fingerprint density at radius 1 is 1.05 bits per heavy atom. The molecule has 0 atom stereocenters. The van der Waals surface area contributed by atoms with Crippen molar-refractivity contribution in [1.82, 2.24) is 19.9 Å². The highest BCUT2D eigenvalue weighted by atomic mass is 16.1. The van der Waals surface area contributed by atoms with E-state index < -0.39 is 0 Å². The molecule has 4 rings (SSSR count). The van der Waals surface area contributed by atoms with Gasteiger partial charge >= 0.3 is 0 Å². The lowest BCUT2D eigenvalue weighted by atomic mass is 10.1. The maximum atomic E-state index is 12.6. The summed E-state index contributed by atoms with van der Waals surface area (Å²) in [7, 11) is 0. The number of carbonyl (C=O) groups excluding carboxylic acids is 1. The van der Waals surface area contributed by atoms with Crippen LogP contribution in [0.15, 0.2) is 42.7 Å². The third-order valence-corrected chi connectivity index (χ3v) is 3.59. The molecule has 102 valence electrons. The number of aromatic amines is 2. The van der Waals surface area contributed by atoms with E-state index in [0.717, 1.165) is 21.8 Å². The van der Waals surface area contributed by atoms with Gasteiger partial charge in [0, 0.05) is 22.5 Å². The minimum atomic E-state index is -0.159. The van der Waals surface area contributed by atoms with E-state index in [1.807, 2.05) is 37.3 Å². The zero-order valence-corrected chi connectivity index (χ0v) is 11.3. The number of benzene rings is 1. The van der Waals surface area contributed by atoms with E-state index in [-0.39, 0.29) is 5.78 Å². The summed E-state index contributed by atoms with van der Waals surface area (Å²) in [5.74, 6) is 0.551. The number of nitrogens with zero attached hydrogens (tertiary/aromatic N) is 2. The quantitative estimate of drug-likeness (QED) is 0.553. The van der Waals surface area contributed by atoms with Crippen molar-refractivity contribution in [3.05, 3.63) is 59.9 Å². The van der Waals surface area contributed by atoms with Crippen LogP contribution in [0.5, 0.6) is 0 Å². The van der Waals surface area contributed by atoms with Crippen LogP contribution in [0.1, 0.15) is 22.0 Å². The maximum Gasteiger partial charge on any atom is 0.231 e. The highest BCUT2D eigenvalue weighted by Crippen LogP contribution is 2.27. The Bertz CT molecular complexity index is 980. The molecule has 5 nitrogen and oxygen atoms in total. The summed E-state index contributed by atoms with van der Waals surface area (Å²) >= 11 is 0. The van der Waals surface area contributed by atoms with Gasteiger partial charge in [-0.25, -0.2) is 4.98 Å². The summed E-state index contributed by atoms with van der Waals surface area (Å²) in [4.78, 5) is 27.2. The van der Waals surface area contributed by atoms with Gasteiger partial charge in [-0.2, -0.15) is 0 Å². The van der Waals surface area contributed by atoms with E-state index >= 15 is 0 Å². The normalized spacial score (nSPS) is 11.3. The highest BCUT2D eigenvalue weighted by Gasteiger charge is 2.18. The number of nitrogens with one attached hydrogen (secondary N) is 2. The molecule has 0 aliphatic heterocycles. The van der Waals surface area contributed by atoms with Crippen molar-refractivity contribution in [1.29, 1.82) is 0 Å². The van der Waals surface area contributed by atoms with Gasteiger partial charge in [-0.15, -0.1) is 0 Å². The first-order chi connectivity index (χ1) is 10.2. The Labute approximate surface area is 120 Å². The van der Waals surface area contributed by atoms with Gasteiger partial charge in [0.05, 0.1) is 11.7 Å². The number of imidazole rings is 1. The minimum absolute atomic E-state index is 0.159. The van der Waals surface area contributed by atoms with Crippen molar-refractivity contribution < 1.29 is 4.79 Å². The largest absolute Gasteiger partial charge is 0.353 e. The summed E-state index contributed by atoms with van der Waals surface area (Å²) < 4.78 is 0. The number of aromatic nitrogens is 4. The van der Waals surface area contributed by atoms with Gasteiger partial charge in [0.2, 0.25) is 5.78 Å². The molecule has 0 saturated heterocycles. The topological polar surface area (TPSA) is 74.4 Å². The summed E-state index contributed by atoms with van der Waals surface area (Å²) in [6.45, 7) is 1.81. The fourth-order valence-corrected chi connectivity index (χ4v) is 2.61. The van der Waals surface area contributed by atoms with E-state index in [1.165, 1.54) is 0 Å². The molecule has 5 heteroatoms. The average Bonchev–Trinajstić information content (AvgIpc) is 3.09. The van der Waals surface area contributed by atoms with Crippen LogP contribution in [-0.2, 0) is 0 Å². The Hall–Kier alpha value is -2.95. The summed E-state index contributed by atoms with van der Waals surface area (Å²) in [6, 6.07) is 9.89. The smallest absolute Gasteiger partial charge is 0.231 e. The van der Waals surface area contributed by atoms with Gasteiger partial charge in [-0.3, -0.25) is 9.78 Å². The second-order valence-electron chi connectivity index (χ2n) is 4.96. The fourth-order valence-electron chi connectivity index (χ4n) is 2.61. The van der Waals surface area contributed by atoms with Crippen molar-refractivity contribution in [3.63, 3.8) is 0 Å². The molecule has 21 heavy (non-hydrogen) atoms. The summed E-state index contributed by atoms with van der Waals surface area (Å²) in [5.41, 5.74) is 2.62. The first-order valence-electron chi connectivity index (χ1n) is 6.66. The predicted molar refractivity (Wildman–Crippen MR) is 80.4 cm³/mol. The van der Waals surface area contributed by atoms with Crippen LogP contribution >= 0.6 is 0 Å². The van der Waals surface area contributed by atoms with Crippen LogP contribution in [0.2, 0.25) is 0 Å². The van der Waals surface area contributed by atoms with E-state index in [2.05, 4.69) is 19.9 Å². The Morgan fingerprint density at radius 3 is 2.71 bits per heavy atom. The van der Waals surface area contributed by atoms with Gasteiger partial charge in [-0.1, -0.05) is 18.2 Å². The third kappa shape index (κ3) is 1.74. The number of carbonyl (C=O) groups is 1. The lowest BCUT2D eigenvalue weighted by molar-refractivity contribution is 0.103. The molecule has 1 aromatic carbocycles. The van der Waals surface area contributed by atoms with Crippen molar-refractivity contribution in [3.8, 4) is 0 Å². The third-order valence-electron chi connectivity index (χ3n) is 3.59. The van der Waals surface area contributed by atoms with Gasteiger partial charge < -0.3 is 9.97 Å². The molecule has 0 unspecified atom stereocenters. The van der Waals surface area contributed by atoms with Crippen LogP contribution in [0, 0.1) is 6.92 Å². The SMILES string of the molecule is Cc1ncc(C(=O)c2nccc3c2[nH]c2ccccc23)[nH]1. The molecule has 0 saturated carbocycles. The Morgan fingerprint density at radius 2 is 1.90 bits per heavy atom. The van der Waals surface area contributed by atoms with E-state index in [9.17, 15) is 4.79 Å². The minimum Gasteiger partial charge on any atom is -0.353 e. The van der Waals surface area contributed by atoms with Gasteiger partial charge in [-0.05, 0) is 19.1 Å². The van der Waals surface area contributed by atoms with Crippen molar-refractivity contribution in [2.24, 2.45) is 0 Å². The zero-order valence-electron chi connectivity index (χ0n) is 11.3. The highest BCUT2D eigenvalue weighted by molar-refractivity contribution is 6.18. The lowest BCUT2D eigenvalue weighted by Gasteiger charge is -1.99. The number of aryl methyl sites for hydroxylation is 1. The molecule has 4 aromatic rings. The van der Waals surface area contributed by atoms with Crippen LogP contribution in [0.25, 0.3) is 21.8 Å². The van der Waals surface area contributed by atoms with Crippen molar-refractivity contribution in [2.45, 2.75) is 6.92 Å². The molecule has 3 aromatic heterocycles. The predicted octanol–water partition coefficient (Wildman–Crippen LogP) is 2.98. The number of para-hydroxylation sites is 1. The van der Waals surface area contributed by atoms with Crippen molar-refractivity contribution >= 4 is 27.6 Å². The molecule has 0 fully saturated rings. The molecule has 0 radical (unpaired) electrons. The molecule has 0 aliphatic carbocycles. The van der Waals surface area contributed by atoms with Crippen LogP contribution in [0.3, 0.4) is 0 Å². The standard InChI is InChI=1S/C16H12N4O/c1-9-18-8-13(19-9)16(21)15-14-11(6-7-17-15)10-4-2-3-5-12(10)20-14/h2-8,20H,1H3,(H,18,19). The van der Waals surface area contributed by atoms with Crippen LogP contribution in [0.4, 0.5) is 0 Å². The van der Waals surface area contributed by atoms with Crippen LogP contribution in [-0.4, -0.2) is 25.7 Å². The fraction of sp³-hybridized carbons (Fsp3) is 0.0625. The van der Waals surface area contributed by atoms with Gasteiger partial charge in [0.25, 0.3) is 0 Å². The number of fused-ring (bicyclic) bond motifs is 3. The number of ketones is 1. The van der Waals surface area contributed by atoms with Gasteiger partial charge in [0.15, 0.2) is 0 Å². The Balaban J connectivity index is 1.99.